The fraction of sp³-hybridized carbons (Fsp3) is 0.600. The molecule has 4 heteroatoms. The van der Waals surface area contributed by atoms with Crippen molar-refractivity contribution in [1.82, 2.24) is 5.32 Å². The lowest BCUT2D eigenvalue weighted by molar-refractivity contribution is 0.362. The molecule has 0 aliphatic carbocycles. The molecule has 1 saturated heterocycles. The van der Waals surface area contributed by atoms with Crippen LogP contribution in [0.4, 0.5) is 5.69 Å². The summed E-state index contributed by atoms with van der Waals surface area (Å²) in [6, 6.07) is 6.48. The minimum absolute atomic E-state index is 0.518. The highest BCUT2D eigenvalue weighted by molar-refractivity contribution is 5.62. The molecule has 1 heterocycles. The summed E-state index contributed by atoms with van der Waals surface area (Å²) in [5.41, 5.74) is 1.12. The molecule has 1 aromatic rings. The van der Waals surface area contributed by atoms with Gasteiger partial charge in [-0.25, -0.2) is 0 Å². The number of benzene rings is 1. The first-order valence-corrected chi connectivity index (χ1v) is 6.86. The first-order valence-electron chi connectivity index (χ1n) is 6.86. The Balaban J connectivity index is 2.24. The van der Waals surface area contributed by atoms with Crippen LogP contribution in [0, 0.1) is 5.92 Å². The Hall–Kier alpha value is -1.42. The highest BCUT2D eigenvalue weighted by Gasteiger charge is 2.24. The molecule has 4 nitrogen and oxygen atoms in total. The van der Waals surface area contributed by atoms with Crippen LogP contribution >= 0.6 is 0 Å². The summed E-state index contributed by atoms with van der Waals surface area (Å²) in [6.45, 7) is 7.51. The van der Waals surface area contributed by atoms with E-state index in [0.717, 1.165) is 36.8 Å². The van der Waals surface area contributed by atoms with Gasteiger partial charge in [0.05, 0.1) is 19.9 Å². The van der Waals surface area contributed by atoms with E-state index in [-0.39, 0.29) is 0 Å². The monoisotopic (exact) mass is 264 g/mol. The zero-order valence-electron chi connectivity index (χ0n) is 12.3. The molecule has 106 valence electrons. The lowest BCUT2D eigenvalue weighted by Gasteiger charge is -2.37. The minimum Gasteiger partial charge on any atom is -0.497 e. The SMILES string of the molecule is COc1ccc(OC)c(N2CCNC(C(C)C)C2)c1. The Labute approximate surface area is 115 Å². The van der Waals surface area contributed by atoms with E-state index >= 15 is 0 Å². The van der Waals surface area contributed by atoms with Gasteiger partial charge in [0.1, 0.15) is 11.5 Å². The third-order valence-corrected chi connectivity index (χ3v) is 3.74. The van der Waals surface area contributed by atoms with Crippen LogP contribution in [0.2, 0.25) is 0 Å². The van der Waals surface area contributed by atoms with Crippen molar-refractivity contribution in [2.24, 2.45) is 5.92 Å². The van der Waals surface area contributed by atoms with Crippen molar-refractivity contribution in [2.75, 3.05) is 38.8 Å². The second-order valence-corrected chi connectivity index (χ2v) is 5.29. The Bertz CT molecular complexity index is 421. The van der Waals surface area contributed by atoms with Gasteiger partial charge >= 0.3 is 0 Å². The average Bonchev–Trinajstić information content (AvgIpc) is 2.46. The molecule has 0 spiro atoms. The normalized spacial score (nSPS) is 19.6. The molecule has 0 saturated carbocycles. The van der Waals surface area contributed by atoms with Gasteiger partial charge in [-0.2, -0.15) is 0 Å². The van der Waals surface area contributed by atoms with Crippen molar-refractivity contribution in [3.8, 4) is 11.5 Å². The van der Waals surface area contributed by atoms with Crippen LogP contribution in [0.15, 0.2) is 18.2 Å². The topological polar surface area (TPSA) is 33.7 Å². The number of nitrogens with one attached hydrogen (secondary N) is 1. The predicted molar refractivity (Wildman–Crippen MR) is 78.4 cm³/mol. The Morgan fingerprint density at radius 1 is 1.26 bits per heavy atom. The van der Waals surface area contributed by atoms with Gasteiger partial charge in [-0.15, -0.1) is 0 Å². The van der Waals surface area contributed by atoms with E-state index < -0.39 is 0 Å². The number of rotatable bonds is 4. The van der Waals surface area contributed by atoms with Crippen molar-refractivity contribution in [2.45, 2.75) is 19.9 Å². The molecular formula is C15H24N2O2. The molecule has 1 aliphatic heterocycles. The average molecular weight is 264 g/mol. The second kappa shape index (κ2) is 6.15. The van der Waals surface area contributed by atoms with Crippen LogP contribution in [-0.2, 0) is 0 Å². The quantitative estimate of drug-likeness (QED) is 0.903. The summed E-state index contributed by atoms with van der Waals surface area (Å²) in [7, 11) is 3.41. The molecule has 1 N–H and O–H groups in total. The van der Waals surface area contributed by atoms with Crippen LogP contribution in [0.5, 0.6) is 11.5 Å². The number of hydrogen-bond donors (Lipinski definition) is 1. The standard InChI is InChI=1S/C15H24N2O2/c1-11(2)13-10-17(8-7-16-13)14-9-12(18-3)5-6-15(14)19-4/h5-6,9,11,13,16H,7-8,10H2,1-4H3. The summed E-state index contributed by atoms with van der Waals surface area (Å²) in [5, 5.41) is 3.57. The maximum atomic E-state index is 5.48. The van der Waals surface area contributed by atoms with E-state index in [9.17, 15) is 0 Å². The van der Waals surface area contributed by atoms with Gasteiger partial charge in [-0.05, 0) is 18.1 Å². The molecule has 2 rings (SSSR count). The number of hydrogen-bond acceptors (Lipinski definition) is 4. The fourth-order valence-electron chi connectivity index (χ4n) is 2.49. The molecule has 0 aromatic heterocycles. The number of ether oxygens (including phenoxy) is 2. The summed E-state index contributed by atoms with van der Waals surface area (Å²) in [5.74, 6) is 2.40. The number of methoxy groups -OCH3 is 2. The summed E-state index contributed by atoms with van der Waals surface area (Å²) in [6.07, 6.45) is 0. The van der Waals surface area contributed by atoms with Crippen LogP contribution in [-0.4, -0.2) is 39.9 Å². The molecule has 0 amide bonds. The molecule has 0 radical (unpaired) electrons. The molecule has 19 heavy (non-hydrogen) atoms. The minimum atomic E-state index is 0.518. The highest BCUT2D eigenvalue weighted by atomic mass is 16.5. The van der Waals surface area contributed by atoms with Crippen LogP contribution in [0.3, 0.4) is 0 Å². The lowest BCUT2D eigenvalue weighted by Crippen LogP contribution is -2.53. The molecule has 1 unspecified atom stereocenters. The predicted octanol–water partition coefficient (Wildman–Crippen LogP) is 2.14. The molecule has 1 atom stereocenters. The van der Waals surface area contributed by atoms with E-state index in [2.05, 4.69) is 30.1 Å². The van der Waals surface area contributed by atoms with E-state index in [1.807, 2.05) is 12.1 Å². The van der Waals surface area contributed by atoms with Gasteiger partial charge in [0.25, 0.3) is 0 Å². The zero-order valence-corrected chi connectivity index (χ0v) is 12.3. The van der Waals surface area contributed by atoms with Gasteiger partial charge in [0.15, 0.2) is 0 Å². The maximum absolute atomic E-state index is 5.48. The maximum Gasteiger partial charge on any atom is 0.142 e. The van der Waals surface area contributed by atoms with Crippen molar-refractivity contribution in [3.05, 3.63) is 18.2 Å². The van der Waals surface area contributed by atoms with Crippen molar-refractivity contribution in [3.63, 3.8) is 0 Å². The van der Waals surface area contributed by atoms with Crippen LogP contribution < -0.4 is 19.7 Å². The fourth-order valence-corrected chi connectivity index (χ4v) is 2.49. The summed E-state index contributed by atoms with van der Waals surface area (Å²) < 4.78 is 10.8. The lowest BCUT2D eigenvalue weighted by atomic mass is 10.0. The van der Waals surface area contributed by atoms with Crippen molar-refractivity contribution < 1.29 is 9.47 Å². The first-order chi connectivity index (χ1) is 9.15. The second-order valence-electron chi connectivity index (χ2n) is 5.29. The summed E-state index contributed by atoms with van der Waals surface area (Å²) >= 11 is 0. The Morgan fingerprint density at radius 2 is 2.05 bits per heavy atom. The molecule has 1 aliphatic rings. The van der Waals surface area contributed by atoms with Gasteiger partial charge in [-0.3, -0.25) is 0 Å². The van der Waals surface area contributed by atoms with Gasteiger partial charge < -0.3 is 19.7 Å². The third kappa shape index (κ3) is 3.13. The van der Waals surface area contributed by atoms with Crippen molar-refractivity contribution in [1.29, 1.82) is 0 Å². The molecular weight excluding hydrogens is 240 g/mol. The Morgan fingerprint density at radius 3 is 2.68 bits per heavy atom. The third-order valence-electron chi connectivity index (χ3n) is 3.74. The zero-order chi connectivity index (χ0) is 13.8. The van der Waals surface area contributed by atoms with E-state index in [1.54, 1.807) is 14.2 Å². The van der Waals surface area contributed by atoms with E-state index in [0.29, 0.717) is 12.0 Å². The van der Waals surface area contributed by atoms with Gasteiger partial charge in [0.2, 0.25) is 0 Å². The van der Waals surface area contributed by atoms with Crippen molar-refractivity contribution >= 4 is 5.69 Å². The molecule has 1 aromatic carbocycles. The number of nitrogens with zero attached hydrogens (tertiary/aromatic N) is 1. The summed E-state index contributed by atoms with van der Waals surface area (Å²) in [4.78, 5) is 2.38. The smallest absolute Gasteiger partial charge is 0.142 e. The highest BCUT2D eigenvalue weighted by Crippen LogP contribution is 2.33. The first kappa shape index (κ1) is 14.0. The molecule has 1 fully saturated rings. The largest absolute Gasteiger partial charge is 0.497 e. The van der Waals surface area contributed by atoms with E-state index in [4.69, 9.17) is 9.47 Å². The number of anilines is 1. The van der Waals surface area contributed by atoms with Gasteiger partial charge in [0, 0.05) is 31.7 Å². The van der Waals surface area contributed by atoms with E-state index in [1.165, 1.54) is 0 Å². The Kier molecular flexibility index (Phi) is 4.53. The van der Waals surface area contributed by atoms with Crippen LogP contribution in [0.1, 0.15) is 13.8 Å². The number of piperazine rings is 1. The molecule has 0 bridgehead atoms. The van der Waals surface area contributed by atoms with Gasteiger partial charge in [-0.1, -0.05) is 13.8 Å². The van der Waals surface area contributed by atoms with Crippen LogP contribution in [0.25, 0.3) is 0 Å².